The number of amides is 3. The zero-order chi connectivity index (χ0) is 14.5. The van der Waals surface area contributed by atoms with Crippen molar-refractivity contribution in [3.63, 3.8) is 0 Å². The average Bonchev–Trinajstić information content (AvgIpc) is 2.45. The number of urea groups is 1. The van der Waals surface area contributed by atoms with Crippen molar-refractivity contribution in [2.75, 3.05) is 19.6 Å². The number of pyridine rings is 1. The molecule has 3 N–H and O–H groups in total. The van der Waals surface area contributed by atoms with Crippen LogP contribution in [-0.4, -0.2) is 41.5 Å². The highest BCUT2D eigenvalue weighted by Gasteiger charge is 2.25. The maximum absolute atomic E-state index is 12.4. The topological polar surface area (TPSA) is 88.3 Å². The van der Waals surface area contributed by atoms with E-state index in [1.54, 1.807) is 17.2 Å². The Labute approximate surface area is 122 Å². The molecule has 0 spiro atoms. The lowest BCUT2D eigenvalue weighted by Crippen LogP contribution is -2.44. The lowest BCUT2D eigenvalue weighted by Gasteiger charge is -2.33. The minimum absolute atomic E-state index is 0.0961. The second-order valence-corrected chi connectivity index (χ2v) is 5.27. The summed E-state index contributed by atoms with van der Waals surface area (Å²) in [7, 11) is 0. The minimum atomic E-state index is -0.536. The van der Waals surface area contributed by atoms with Gasteiger partial charge in [-0.15, -0.1) is 0 Å². The standard InChI is InChI=1S/C13H17ClN4O2/c14-11-7-16-4-3-10(11)12(19)18-5-1-2-9(8-18)6-17-13(15)20/h3-4,7,9H,1-2,5-6,8H2,(H3,15,17,20). The van der Waals surface area contributed by atoms with Gasteiger partial charge in [0, 0.05) is 32.0 Å². The smallest absolute Gasteiger partial charge is 0.312 e. The highest BCUT2D eigenvalue weighted by molar-refractivity contribution is 6.33. The molecular formula is C13H17ClN4O2. The zero-order valence-electron chi connectivity index (χ0n) is 11.0. The average molecular weight is 297 g/mol. The van der Waals surface area contributed by atoms with Crippen LogP contribution in [0.15, 0.2) is 18.5 Å². The van der Waals surface area contributed by atoms with Gasteiger partial charge in [-0.25, -0.2) is 4.79 Å². The van der Waals surface area contributed by atoms with Crippen molar-refractivity contribution in [2.24, 2.45) is 11.7 Å². The number of rotatable bonds is 3. The van der Waals surface area contributed by atoms with Gasteiger partial charge in [-0.05, 0) is 24.8 Å². The van der Waals surface area contributed by atoms with Gasteiger partial charge in [-0.3, -0.25) is 9.78 Å². The van der Waals surface area contributed by atoms with Crippen molar-refractivity contribution in [3.05, 3.63) is 29.0 Å². The summed E-state index contributed by atoms with van der Waals surface area (Å²) in [5.74, 6) is 0.127. The highest BCUT2D eigenvalue weighted by Crippen LogP contribution is 2.21. The van der Waals surface area contributed by atoms with Crippen LogP contribution in [0.2, 0.25) is 5.02 Å². The van der Waals surface area contributed by atoms with Crippen LogP contribution >= 0.6 is 11.6 Å². The molecule has 20 heavy (non-hydrogen) atoms. The first-order valence-electron chi connectivity index (χ1n) is 6.50. The summed E-state index contributed by atoms with van der Waals surface area (Å²) in [5, 5.41) is 2.95. The van der Waals surface area contributed by atoms with Crippen molar-refractivity contribution < 1.29 is 9.59 Å². The first-order chi connectivity index (χ1) is 9.58. The number of nitrogens with two attached hydrogens (primary N) is 1. The van der Waals surface area contributed by atoms with Crippen LogP contribution in [0, 0.1) is 5.92 Å². The summed E-state index contributed by atoms with van der Waals surface area (Å²) < 4.78 is 0. The van der Waals surface area contributed by atoms with E-state index in [0.29, 0.717) is 30.2 Å². The molecule has 3 amide bonds. The summed E-state index contributed by atoms with van der Waals surface area (Å²) in [5.41, 5.74) is 5.52. The van der Waals surface area contributed by atoms with E-state index in [1.807, 2.05) is 0 Å². The largest absolute Gasteiger partial charge is 0.352 e. The molecule has 1 fully saturated rings. The monoisotopic (exact) mass is 296 g/mol. The predicted octanol–water partition coefficient (Wildman–Crippen LogP) is 1.26. The Morgan fingerprint density at radius 1 is 1.55 bits per heavy atom. The molecule has 0 saturated carbocycles. The first-order valence-corrected chi connectivity index (χ1v) is 6.88. The molecule has 1 aliphatic heterocycles. The fourth-order valence-corrected chi connectivity index (χ4v) is 2.58. The fraction of sp³-hybridized carbons (Fsp3) is 0.462. The molecule has 1 unspecified atom stereocenters. The third-order valence-electron chi connectivity index (χ3n) is 3.37. The summed E-state index contributed by atoms with van der Waals surface area (Å²) in [6, 6.07) is 1.08. The van der Waals surface area contributed by atoms with Gasteiger partial charge in [0.1, 0.15) is 0 Å². The summed E-state index contributed by atoms with van der Waals surface area (Å²) in [4.78, 5) is 28.8. The molecule has 1 aromatic rings. The number of hydrogen-bond acceptors (Lipinski definition) is 3. The molecule has 1 aromatic heterocycles. The second kappa shape index (κ2) is 6.56. The van der Waals surface area contributed by atoms with Crippen LogP contribution in [0.5, 0.6) is 0 Å². The molecule has 0 bridgehead atoms. The van der Waals surface area contributed by atoms with Gasteiger partial charge in [-0.1, -0.05) is 11.6 Å². The van der Waals surface area contributed by atoms with Crippen molar-refractivity contribution in [3.8, 4) is 0 Å². The number of hydrogen-bond donors (Lipinski definition) is 2. The number of nitrogens with zero attached hydrogens (tertiary/aromatic N) is 2. The molecule has 0 radical (unpaired) electrons. The van der Waals surface area contributed by atoms with E-state index in [9.17, 15) is 9.59 Å². The van der Waals surface area contributed by atoms with Crippen LogP contribution in [0.25, 0.3) is 0 Å². The van der Waals surface area contributed by atoms with Gasteiger partial charge in [0.05, 0.1) is 10.6 Å². The Bertz CT molecular complexity index is 509. The van der Waals surface area contributed by atoms with Gasteiger partial charge in [0.15, 0.2) is 0 Å². The number of nitrogens with one attached hydrogen (secondary N) is 1. The molecule has 7 heteroatoms. The fourth-order valence-electron chi connectivity index (χ4n) is 2.38. The maximum Gasteiger partial charge on any atom is 0.312 e. The molecule has 108 valence electrons. The minimum Gasteiger partial charge on any atom is -0.352 e. The number of primary amides is 1. The Balaban J connectivity index is 2.00. The maximum atomic E-state index is 12.4. The highest BCUT2D eigenvalue weighted by atomic mass is 35.5. The third-order valence-corrected chi connectivity index (χ3v) is 3.68. The molecule has 1 saturated heterocycles. The Morgan fingerprint density at radius 2 is 2.35 bits per heavy atom. The van der Waals surface area contributed by atoms with Crippen LogP contribution in [0.3, 0.4) is 0 Å². The van der Waals surface area contributed by atoms with Crippen molar-refractivity contribution in [1.82, 2.24) is 15.2 Å². The van der Waals surface area contributed by atoms with Gasteiger partial charge < -0.3 is 16.0 Å². The van der Waals surface area contributed by atoms with Gasteiger partial charge in [-0.2, -0.15) is 0 Å². The Morgan fingerprint density at radius 3 is 3.05 bits per heavy atom. The number of aromatic nitrogens is 1. The van der Waals surface area contributed by atoms with Crippen LogP contribution in [0.1, 0.15) is 23.2 Å². The summed E-state index contributed by atoms with van der Waals surface area (Å²) in [6.07, 6.45) is 4.88. The number of carbonyl (C=O) groups is 2. The van der Waals surface area contributed by atoms with Crippen molar-refractivity contribution >= 4 is 23.5 Å². The van der Waals surface area contributed by atoms with E-state index < -0.39 is 6.03 Å². The van der Waals surface area contributed by atoms with E-state index in [1.165, 1.54) is 6.20 Å². The molecule has 0 aromatic carbocycles. The van der Waals surface area contributed by atoms with Gasteiger partial charge in [0.2, 0.25) is 0 Å². The van der Waals surface area contributed by atoms with E-state index >= 15 is 0 Å². The SMILES string of the molecule is NC(=O)NCC1CCCN(C(=O)c2ccncc2Cl)C1. The lowest BCUT2D eigenvalue weighted by atomic mass is 9.97. The Hall–Kier alpha value is -1.82. The van der Waals surface area contributed by atoms with Gasteiger partial charge >= 0.3 is 6.03 Å². The second-order valence-electron chi connectivity index (χ2n) is 4.86. The van der Waals surface area contributed by atoms with E-state index in [0.717, 1.165) is 12.8 Å². The quantitative estimate of drug-likeness (QED) is 0.880. The molecule has 2 heterocycles. The number of piperidine rings is 1. The molecule has 2 rings (SSSR count). The number of carbonyl (C=O) groups excluding carboxylic acids is 2. The van der Waals surface area contributed by atoms with Crippen molar-refractivity contribution in [2.45, 2.75) is 12.8 Å². The summed E-state index contributed by atoms with van der Waals surface area (Å²) >= 11 is 5.99. The molecular weight excluding hydrogens is 280 g/mol. The van der Waals surface area contributed by atoms with Crippen LogP contribution in [-0.2, 0) is 0 Å². The normalized spacial score (nSPS) is 18.6. The predicted molar refractivity (Wildman–Crippen MR) is 75.5 cm³/mol. The Kier molecular flexibility index (Phi) is 4.79. The molecule has 1 atom stereocenters. The first kappa shape index (κ1) is 14.6. The van der Waals surface area contributed by atoms with Crippen LogP contribution < -0.4 is 11.1 Å². The van der Waals surface area contributed by atoms with E-state index in [4.69, 9.17) is 17.3 Å². The van der Waals surface area contributed by atoms with E-state index in [2.05, 4.69) is 10.3 Å². The number of likely N-dealkylation sites (tertiary alicyclic amines) is 1. The zero-order valence-corrected chi connectivity index (χ0v) is 11.8. The molecule has 1 aliphatic rings. The lowest BCUT2D eigenvalue weighted by molar-refractivity contribution is 0.0675. The number of halogens is 1. The summed E-state index contributed by atoms with van der Waals surface area (Å²) in [6.45, 7) is 1.78. The van der Waals surface area contributed by atoms with Crippen molar-refractivity contribution in [1.29, 1.82) is 0 Å². The van der Waals surface area contributed by atoms with E-state index in [-0.39, 0.29) is 11.8 Å². The van der Waals surface area contributed by atoms with Gasteiger partial charge in [0.25, 0.3) is 5.91 Å². The van der Waals surface area contributed by atoms with Crippen LogP contribution in [0.4, 0.5) is 4.79 Å². The molecule has 6 nitrogen and oxygen atoms in total. The third kappa shape index (κ3) is 3.60. The molecule has 0 aliphatic carbocycles.